The van der Waals surface area contributed by atoms with E-state index in [1.54, 1.807) is 12.5 Å². The molecule has 0 saturated carbocycles. The van der Waals surface area contributed by atoms with Gasteiger partial charge in [0.1, 0.15) is 0 Å². The van der Waals surface area contributed by atoms with Crippen LogP contribution in [0.25, 0.3) is 0 Å². The summed E-state index contributed by atoms with van der Waals surface area (Å²) < 4.78 is 5.01. The molecule has 0 saturated heterocycles. The monoisotopic (exact) mass is 214 g/mol. The van der Waals surface area contributed by atoms with Crippen LogP contribution in [0.15, 0.2) is 23.0 Å². The number of nitrogens with two attached hydrogens (primary N) is 1. The van der Waals surface area contributed by atoms with Crippen molar-refractivity contribution in [3.8, 4) is 0 Å². The number of thioether (sulfide) groups is 1. The summed E-state index contributed by atoms with van der Waals surface area (Å²) in [5, 5.41) is 0.648. The predicted molar refractivity (Wildman–Crippen MR) is 61.1 cm³/mol. The second-order valence-electron chi connectivity index (χ2n) is 3.58. The Balaban J connectivity index is 2.32. The summed E-state index contributed by atoms with van der Waals surface area (Å²) in [6.07, 6.45) is 4.38. The van der Waals surface area contributed by atoms with Crippen LogP contribution < -0.4 is 11.3 Å². The fourth-order valence-electron chi connectivity index (χ4n) is 1.17. The van der Waals surface area contributed by atoms with Crippen molar-refractivity contribution >= 4 is 11.8 Å². The third-order valence-electron chi connectivity index (χ3n) is 1.93. The molecule has 1 aromatic rings. The van der Waals surface area contributed by atoms with Crippen molar-refractivity contribution in [3.63, 3.8) is 0 Å². The molecule has 0 aliphatic carbocycles. The van der Waals surface area contributed by atoms with Crippen LogP contribution in [0.3, 0.4) is 0 Å². The lowest BCUT2D eigenvalue weighted by molar-refractivity contribution is 0.548. The van der Waals surface area contributed by atoms with Gasteiger partial charge in [-0.2, -0.15) is 11.8 Å². The lowest BCUT2D eigenvalue weighted by atomic mass is 10.1. The molecule has 1 rings (SSSR count). The quantitative estimate of drug-likeness (QED) is 0.560. The molecule has 0 aliphatic rings. The zero-order valence-corrected chi connectivity index (χ0v) is 9.51. The molecule has 3 nitrogen and oxygen atoms in total. The average Bonchev–Trinajstić information content (AvgIpc) is 2.64. The molecule has 1 unspecified atom stereocenters. The first-order valence-corrected chi connectivity index (χ1v) is 5.86. The van der Waals surface area contributed by atoms with E-state index in [1.165, 1.54) is 5.56 Å². The van der Waals surface area contributed by atoms with Crippen molar-refractivity contribution in [1.29, 1.82) is 0 Å². The molecular formula is C10H18N2OS. The van der Waals surface area contributed by atoms with Gasteiger partial charge in [0.25, 0.3) is 0 Å². The van der Waals surface area contributed by atoms with Crippen LogP contribution in [0.2, 0.25) is 0 Å². The van der Waals surface area contributed by atoms with Crippen LogP contribution in [0.1, 0.15) is 19.4 Å². The van der Waals surface area contributed by atoms with Gasteiger partial charge in [0.2, 0.25) is 0 Å². The number of hydrogen-bond donors (Lipinski definition) is 2. The maximum Gasteiger partial charge on any atom is 0.0935 e. The standard InChI is InChI=1S/C10H18N2OS/c1-8(2)14-7-10(12-11)5-9-3-4-13-6-9/h3-4,6,8,10,12H,5,7,11H2,1-2H3. The van der Waals surface area contributed by atoms with Gasteiger partial charge in [0.05, 0.1) is 12.5 Å². The van der Waals surface area contributed by atoms with Crippen molar-refractivity contribution in [2.24, 2.45) is 5.84 Å². The second kappa shape index (κ2) is 6.11. The van der Waals surface area contributed by atoms with Gasteiger partial charge >= 0.3 is 0 Å². The van der Waals surface area contributed by atoms with Gasteiger partial charge in [-0.1, -0.05) is 13.8 Å². The van der Waals surface area contributed by atoms with Gasteiger partial charge in [0.15, 0.2) is 0 Å². The number of rotatable bonds is 6. The fraction of sp³-hybridized carbons (Fsp3) is 0.600. The average molecular weight is 214 g/mol. The highest BCUT2D eigenvalue weighted by atomic mass is 32.2. The van der Waals surface area contributed by atoms with E-state index in [0.29, 0.717) is 11.3 Å². The van der Waals surface area contributed by atoms with Gasteiger partial charge in [-0.3, -0.25) is 11.3 Å². The summed E-state index contributed by atoms with van der Waals surface area (Å²) in [5.74, 6) is 6.51. The van der Waals surface area contributed by atoms with Crippen LogP contribution in [-0.2, 0) is 6.42 Å². The molecule has 80 valence electrons. The zero-order chi connectivity index (χ0) is 10.4. The number of furan rings is 1. The van der Waals surface area contributed by atoms with Crippen molar-refractivity contribution in [1.82, 2.24) is 5.43 Å². The van der Waals surface area contributed by atoms with E-state index >= 15 is 0 Å². The highest BCUT2D eigenvalue weighted by Crippen LogP contribution is 2.13. The molecule has 14 heavy (non-hydrogen) atoms. The lowest BCUT2D eigenvalue weighted by Gasteiger charge is -2.15. The van der Waals surface area contributed by atoms with Gasteiger partial charge in [-0.15, -0.1) is 0 Å². The number of hydrazine groups is 1. The van der Waals surface area contributed by atoms with E-state index in [9.17, 15) is 0 Å². The Hall–Kier alpha value is -0.450. The van der Waals surface area contributed by atoms with E-state index in [2.05, 4.69) is 19.3 Å². The van der Waals surface area contributed by atoms with Crippen molar-refractivity contribution < 1.29 is 4.42 Å². The highest BCUT2D eigenvalue weighted by Gasteiger charge is 2.09. The smallest absolute Gasteiger partial charge is 0.0935 e. The Morgan fingerprint density at radius 2 is 2.36 bits per heavy atom. The van der Waals surface area contributed by atoms with Crippen molar-refractivity contribution in [2.45, 2.75) is 31.6 Å². The maximum atomic E-state index is 5.48. The molecule has 0 radical (unpaired) electrons. The van der Waals surface area contributed by atoms with Gasteiger partial charge in [0, 0.05) is 11.8 Å². The van der Waals surface area contributed by atoms with Gasteiger partial charge < -0.3 is 4.42 Å². The summed E-state index contributed by atoms with van der Waals surface area (Å²) in [6, 6.07) is 2.30. The summed E-state index contributed by atoms with van der Waals surface area (Å²) in [5.41, 5.74) is 4.03. The zero-order valence-electron chi connectivity index (χ0n) is 8.69. The molecule has 0 bridgehead atoms. The van der Waals surface area contributed by atoms with E-state index in [0.717, 1.165) is 12.2 Å². The first kappa shape index (κ1) is 11.6. The minimum Gasteiger partial charge on any atom is -0.472 e. The maximum absolute atomic E-state index is 5.48. The lowest BCUT2D eigenvalue weighted by Crippen LogP contribution is -2.38. The van der Waals surface area contributed by atoms with E-state index in [-0.39, 0.29) is 0 Å². The number of nitrogens with one attached hydrogen (secondary N) is 1. The summed E-state index contributed by atoms with van der Waals surface area (Å²) in [4.78, 5) is 0. The van der Waals surface area contributed by atoms with Crippen LogP contribution >= 0.6 is 11.8 Å². The number of hydrogen-bond acceptors (Lipinski definition) is 4. The highest BCUT2D eigenvalue weighted by molar-refractivity contribution is 7.99. The molecule has 1 heterocycles. The normalized spacial score (nSPS) is 13.4. The Kier molecular flexibility index (Phi) is 5.07. The largest absolute Gasteiger partial charge is 0.472 e. The molecule has 3 N–H and O–H groups in total. The first-order chi connectivity index (χ1) is 6.72. The molecular weight excluding hydrogens is 196 g/mol. The molecule has 0 fully saturated rings. The topological polar surface area (TPSA) is 51.2 Å². The third kappa shape index (κ3) is 4.17. The Morgan fingerprint density at radius 1 is 1.57 bits per heavy atom. The molecule has 0 aromatic carbocycles. The van der Waals surface area contributed by atoms with Gasteiger partial charge in [-0.25, -0.2) is 0 Å². The molecule has 1 aromatic heterocycles. The van der Waals surface area contributed by atoms with Crippen LogP contribution in [-0.4, -0.2) is 17.0 Å². The van der Waals surface area contributed by atoms with E-state index < -0.39 is 0 Å². The van der Waals surface area contributed by atoms with Crippen LogP contribution in [0.4, 0.5) is 0 Å². The molecule has 0 spiro atoms. The molecule has 0 amide bonds. The van der Waals surface area contributed by atoms with E-state index in [1.807, 2.05) is 17.8 Å². The predicted octanol–water partition coefficient (Wildman–Crippen LogP) is 1.80. The summed E-state index contributed by atoms with van der Waals surface area (Å²) >= 11 is 1.91. The van der Waals surface area contributed by atoms with Crippen LogP contribution in [0.5, 0.6) is 0 Å². The molecule has 0 aliphatic heterocycles. The first-order valence-electron chi connectivity index (χ1n) is 4.81. The summed E-state index contributed by atoms with van der Waals surface area (Å²) in [7, 11) is 0. The fourth-order valence-corrected chi connectivity index (χ4v) is 2.00. The molecule has 4 heteroatoms. The Labute approximate surface area is 89.4 Å². The Bertz CT molecular complexity index is 236. The third-order valence-corrected chi connectivity index (χ3v) is 3.19. The molecule has 1 atom stereocenters. The minimum atomic E-state index is 0.319. The van der Waals surface area contributed by atoms with E-state index in [4.69, 9.17) is 10.3 Å². The van der Waals surface area contributed by atoms with Crippen molar-refractivity contribution in [2.75, 3.05) is 5.75 Å². The summed E-state index contributed by atoms with van der Waals surface area (Å²) in [6.45, 7) is 4.38. The van der Waals surface area contributed by atoms with Crippen molar-refractivity contribution in [3.05, 3.63) is 24.2 Å². The SMILES string of the molecule is CC(C)SCC(Cc1ccoc1)NN. The van der Waals surface area contributed by atoms with Crippen LogP contribution in [0, 0.1) is 0 Å². The Morgan fingerprint density at radius 3 is 2.86 bits per heavy atom. The second-order valence-corrected chi connectivity index (χ2v) is 5.19. The minimum absolute atomic E-state index is 0.319. The van der Waals surface area contributed by atoms with Gasteiger partial charge in [-0.05, 0) is 23.3 Å².